The minimum absolute atomic E-state index is 0.198. The molecule has 0 unspecified atom stereocenters. The first-order valence-electron chi connectivity index (χ1n) is 9.89. The van der Waals surface area contributed by atoms with Crippen LogP contribution < -0.4 is 5.32 Å². The van der Waals surface area contributed by atoms with Gasteiger partial charge in [-0.15, -0.1) is 10.2 Å². The van der Waals surface area contributed by atoms with Gasteiger partial charge in [-0.05, 0) is 37.6 Å². The summed E-state index contributed by atoms with van der Waals surface area (Å²) in [6.07, 6.45) is 2.32. The van der Waals surface area contributed by atoms with Gasteiger partial charge in [0.2, 0.25) is 0 Å². The summed E-state index contributed by atoms with van der Waals surface area (Å²) >= 11 is 5.98. The summed E-state index contributed by atoms with van der Waals surface area (Å²) in [7, 11) is 0. The van der Waals surface area contributed by atoms with E-state index in [0.717, 1.165) is 22.3 Å². The number of hydrogen-bond donors (Lipinski definition) is 1. The Hall–Kier alpha value is -3.19. The van der Waals surface area contributed by atoms with Crippen LogP contribution in [-0.2, 0) is 13.0 Å². The first kappa shape index (κ1) is 20.1. The Bertz CT molecular complexity index is 1160. The third kappa shape index (κ3) is 4.21. The predicted molar refractivity (Wildman–Crippen MR) is 117 cm³/mol. The number of nitrogens with one attached hydrogen (secondary N) is 1. The number of halogens is 1. The van der Waals surface area contributed by atoms with E-state index in [9.17, 15) is 4.79 Å². The van der Waals surface area contributed by atoms with Crippen molar-refractivity contribution in [2.45, 2.75) is 32.9 Å². The van der Waals surface area contributed by atoms with Crippen LogP contribution in [0.25, 0.3) is 10.9 Å². The van der Waals surface area contributed by atoms with Crippen LogP contribution in [0.4, 0.5) is 0 Å². The van der Waals surface area contributed by atoms with Crippen LogP contribution >= 0.6 is 11.6 Å². The van der Waals surface area contributed by atoms with Crippen LogP contribution in [0.2, 0.25) is 5.02 Å². The topological polar surface area (TPSA) is 77.6 Å². The average Bonchev–Trinajstić information content (AvgIpc) is 3.35. The molecule has 2 heterocycles. The number of nitrogens with zero attached hydrogens (tertiary/aromatic N) is 5. The van der Waals surface area contributed by atoms with E-state index in [1.165, 1.54) is 0 Å². The second kappa shape index (κ2) is 8.67. The highest BCUT2D eigenvalue weighted by Gasteiger charge is 2.17. The number of amides is 1. The van der Waals surface area contributed by atoms with E-state index in [2.05, 4.69) is 34.5 Å². The molecule has 2 aromatic carbocycles. The number of benzene rings is 2. The van der Waals surface area contributed by atoms with Crippen molar-refractivity contribution in [2.75, 3.05) is 6.54 Å². The first-order valence-corrected chi connectivity index (χ1v) is 10.3. The van der Waals surface area contributed by atoms with Gasteiger partial charge in [0.15, 0.2) is 5.69 Å². The second-order valence-corrected chi connectivity index (χ2v) is 7.84. The average molecular weight is 423 g/mol. The minimum atomic E-state index is -0.198. The standard InChI is InChI=1S/C22H23ClN6O/c1-15(2)28-14-25-26-20(28)11-12-24-22(30)21-18-5-3-4-6-19(18)29(27-21)13-16-7-9-17(23)10-8-16/h3-10,14-15H,11-13H2,1-2H3,(H,24,30). The van der Waals surface area contributed by atoms with E-state index < -0.39 is 0 Å². The van der Waals surface area contributed by atoms with Crippen molar-refractivity contribution in [1.82, 2.24) is 29.9 Å². The summed E-state index contributed by atoms with van der Waals surface area (Å²) < 4.78 is 3.85. The van der Waals surface area contributed by atoms with Crippen molar-refractivity contribution in [1.29, 1.82) is 0 Å². The van der Waals surface area contributed by atoms with E-state index in [1.807, 2.05) is 57.8 Å². The van der Waals surface area contributed by atoms with Crippen LogP contribution in [0.5, 0.6) is 0 Å². The Morgan fingerprint density at radius 1 is 1.13 bits per heavy atom. The number of hydrogen-bond acceptors (Lipinski definition) is 4. The highest BCUT2D eigenvalue weighted by molar-refractivity contribution is 6.30. The van der Waals surface area contributed by atoms with Gasteiger partial charge >= 0.3 is 0 Å². The lowest BCUT2D eigenvalue weighted by Crippen LogP contribution is -2.27. The molecule has 7 nitrogen and oxygen atoms in total. The fraction of sp³-hybridized carbons (Fsp3) is 0.273. The molecule has 154 valence electrons. The van der Waals surface area contributed by atoms with Crippen molar-refractivity contribution in [3.63, 3.8) is 0 Å². The SMILES string of the molecule is CC(C)n1cnnc1CCNC(=O)c1nn(Cc2ccc(Cl)cc2)c2ccccc12. The molecule has 1 amide bonds. The molecule has 0 aliphatic heterocycles. The molecule has 4 rings (SSSR count). The number of rotatable bonds is 7. The molecule has 0 atom stereocenters. The van der Waals surface area contributed by atoms with Gasteiger partial charge in [0.1, 0.15) is 12.2 Å². The Balaban J connectivity index is 1.51. The zero-order chi connectivity index (χ0) is 21.1. The molecule has 0 saturated heterocycles. The van der Waals surface area contributed by atoms with Gasteiger partial charge in [0, 0.05) is 29.4 Å². The minimum Gasteiger partial charge on any atom is -0.350 e. The van der Waals surface area contributed by atoms with Gasteiger partial charge in [-0.25, -0.2) is 0 Å². The summed E-state index contributed by atoms with van der Waals surface area (Å²) in [5.41, 5.74) is 2.40. The van der Waals surface area contributed by atoms with Crippen LogP contribution in [0.1, 0.15) is 41.8 Å². The number of aromatic nitrogens is 5. The molecule has 0 radical (unpaired) electrons. The molecular weight excluding hydrogens is 400 g/mol. The van der Waals surface area contributed by atoms with Gasteiger partial charge in [-0.1, -0.05) is 41.9 Å². The number of carbonyl (C=O) groups is 1. The van der Waals surface area contributed by atoms with Crippen molar-refractivity contribution < 1.29 is 4.79 Å². The molecule has 0 spiro atoms. The van der Waals surface area contributed by atoms with E-state index >= 15 is 0 Å². The Morgan fingerprint density at radius 3 is 2.67 bits per heavy atom. The summed E-state index contributed by atoms with van der Waals surface area (Å²) in [5, 5.41) is 17.2. The molecule has 0 saturated carbocycles. The summed E-state index contributed by atoms with van der Waals surface area (Å²) in [4.78, 5) is 12.9. The van der Waals surface area contributed by atoms with Gasteiger partial charge in [-0.2, -0.15) is 5.10 Å². The monoisotopic (exact) mass is 422 g/mol. The number of carbonyl (C=O) groups excluding carboxylic acids is 1. The van der Waals surface area contributed by atoms with Gasteiger partial charge in [0.25, 0.3) is 5.91 Å². The fourth-order valence-electron chi connectivity index (χ4n) is 3.43. The Morgan fingerprint density at radius 2 is 1.90 bits per heavy atom. The molecule has 0 bridgehead atoms. The maximum atomic E-state index is 12.9. The van der Waals surface area contributed by atoms with E-state index in [-0.39, 0.29) is 11.9 Å². The van der Waals surface area contributed by atoms with E-state index in [1.54, 1.807) is 6.33 Å². The molecular formula is C22H23ClN6O. The van der Waals surface area contributed by atoms with E-state index in [4.69, 9.17) is 11.6 Å². The van der Waals surface area contributed by atoms with E-state index in [0.29, 0.717) is 30.2 Å². The second-order valence-electron chi connectivity index (χ2n) is 7.40. The quantitative estimate of drug-likeness (QED) is 0.490. The zero-order valence-electron chi connectivity index (χ0n) is 16.9. The number of fused-ring (bicyclic) bond motifs is 1. The fourth-order valence-corrected chi connectivity index (χ4v) is 3.55. The number of para-hydroxylation sites is 1. The molecule has 2 aromatic heterocycles. The van der Waals surface area contributed by atoms with Crippen molar-refractivity contribution in [3.05, 3.63) is 77.0 Å². The van der Waals surface area contributed by atoms with Gasteiger partial charge < -0.3 is 9.88 Å². The normalized spacial score (nSPS) is 11.3. The molecule has 4 aromatic rings. The summed E-state index contributed by atoms with van der Waals surface area (Å²) in [6.45, 7) is 5.17. The highest BCUT2D eigenvalue weighted by Crippen LogP contribution is 2.20. The maximum Gasteiger partial charge on any atom is 0.272 e. The molecule has 0 aliphatic carbocycles. The van der Waals surface area contributed by atoms with Crippen molar-refractivity contribution >= 4 is 28.4 Å². The smallest absolute Gasteiger partial charge is 0.272 e. The van der Waals surface area contributed by atoms with Gasteiger partial charge in [0.05, 0.1) is 12.1 Å². The van der Waals surface area contributed by atoms with Crippen LogP contribution in [0.15, 0.2) is 54.9 Å². The molecule has 1 N–H and O–H groups in total. The predicted octanol–water partition coefficient (Wildman–Crippen LogP) is 3.88. The lowest BCUT2D eigenvalue weighted by atomic mass is 10.2. The Kier molecular flexibility index (Phi) is 5.81. The van der Waals surface area contributed by atoms with Gasteiger partial charge in [-0.3, -0.25) is 9.48 Å². The first-order chi connectivity index (χ1) is 14.5. The van der Waals surface area contributed by atoms with Crippen LogP contribution in [0, 0.1) is 0 Å². The van der Waals surface area contributed by atoms with Crippen LogP contribution in [0.3, 0.4) is 0 Å². The lowest BCUT2D eigenvalue weighted by Gasteiger charge is -2.10. The molecule has 8 heteroatoms. The third-order valence-electron chi connectivity index (χ3n) is 4.96. The van der Waals surface area contributed by atoms with Crippen LogP contribution in [-0.4, -0.2) is 37.0 Å². The maximum absolute atomic E-state index is 12.9. The summed E-state index contributed by atoms with van der Waals surface area (Å²) in [6, 6.07) is 15.7. The highest BCUT2D eigenvalue weighted by atomic mass is 35.5. The molecule has 0 fully saturated rings. The Labute approximate surface area is 179 Å². The molecule has 0 aliphatic rings. The largest absolute Gasteiger partial charge is 0.350 e. The molecule has 30 heavy (non-hydrogen) atoms. The lowest BCUT2D eigenvalue weighted by molar-refractivity contribution is 0.0949. The van der Waals surface area contributed by atoms with Crippen molar-refractivity contribution in [2.24, 2.45) is 0 Å². The zero-order valence-corrected chi connectivity index (χ0v) is 17.7. The summed E-state index contributed by atoms with van der Waals surface area (Å²) in [5.74, 6) is 0.653. The third-order valence-corrected chi connectivity index (χ3v) is 5.21. The van der Waals surface area contributed by atoms with Crippen molar-refractivity contribution in [3.8, 4) is 0 Å².